The molecule has 1 aromatic heterocycles. The second-order valence-corrected chi connectivity index (χ2v) is 5.40. The standard InChI is InChI=1S/C14H24N4O2/c1-2-18-15-10-13(16-18)14(20)17(8-9-19)11-12-6-4-3-5-7-12/h10,12,19H,2-9,11H2,1H3. The molecule has 112 valence electrons. The number of aliphatic hydroxyl groups excluding tert-OH is 1. The van der Waals surface area contributed by atoms with Gasteiger partial charge in [0.25, 0.3) is 5.91 Å². The second-order valence-electron chi connectivity index (χ2n) is 5.40. The van der Waals surface area contributed by atoms with Gasteiger partial charge in [-0.3, -0.25) is 4.79 Å². The van der Waals surface area contributed by atoms with E-state index >= 15 is 0 Å². The monoisotopic (exact) mass is 280 g/mol. The van der Waals surface area contributed by atoms with E-state index in [1.54, 1.807) is 4.90 Å². The number of nitrogens with zero attached hydrogens (tertiary/aromatic N) is 4. The summed E-state index contributed by atoms with van der Waals surface area (Å²) in [7, 11) is 0. The van der Waals surface area contributed by atoms with Crippen LogP contribution in [0.5, 0.6) is 0 Å². The lowest BCUT2D eigenvalue weighted by molar-refractivity contribution is 0.0668. The molecule has 0 bridgehead atoms. The summed E-state index contributed by atoms with van der Waals surface area (Å²) in [6, 6.07) is 0. The summed E-state index contributed by atoms with van der Waals surface area (Å²) < 4.78 is 0. The van der Waals surface area contributed by atoms with E-state index < -0.39 is 0 Å². The maximum atomic E-state index is 12.4. The lowest BCUT2D eigenvalue weighted by Crippen LogP contribution is -2.38. The highest BCUT2D eigenvalue weighted by atomic mass is 16.3. The fraction of sp³-hybridized carbons (Fsp3) is 0.786. The predicted octanol–water partition coefficient (Wildman–Crippen LogP) is 1.31. The molecular formula is C14H24N4O2. The number of aryl methyl sites for hydroxylation is 1. The first-order valence-electron chi connectivity index (χ1n) is 7.54. The van der Waals surface area contributed by atoms with Crippen LogP contribution in [-0.2, 0) is 6.54 Å². The molecule has 1 saturated carbocycles. The van der Waals surface area contributed by atoms with E-state index in [1.807, 2.05) is 6.92 Å². The molecule has 0 saturated heterocycles. The summed E-state index contributed by atoms with van der Waals surface area (Å²) >= 11 is 0. The average molecular weight is 280 g/mol. The Morgan fingerprint density at radius 3 is 2.80 bits per heavy atom. The molecule has 6 heteroatoms. The molecule has 1 aliphatic carbocycles. The number of hydrogen-bond donors (Lipinski definition) is 1. The van der Waals surface area contributed by atoms with Gasteiger partial charge in [0.2, 0.25) is 0 Å². The summed E-state index contributed by atoms with van der Waals surface area (Å²) in [4.78, 5) is 15.7. The van der Waals surface area contributed by atoms with E-state index in [0.717, 1.165) is 6.54 Å². The first-order chi connectivity index (χ1) is 9.74. The number of hydrogen-bond acceptors (Lipinski definition) is 4. The van der Waals surface area contributed by atoms with Gasteiger partial charge in [0.05, 0.1) is 19.3 Å². The van der Waals surface area contributed by atoms with E-state index in [-0.39, 0.29) is 12.5 Å². The highest BCUT2D eigenvalue weighted by Crippen LogP contribution is 2.24. The van der Waals surface area contributed by atoms with Crippen LogP contribution in [0.4, 0.5) is 0 Å². The molecule has 1 aliphatic rings. The van der Waals surface area contributed by atoms with Crippen LogP contribution < -0.4 is 0 Å². The SMILES string of the molecule is CCn1ncc(C(=O)N(CCO)CC2CCCCC2)n1. The Bertz CT molecular complexity index is 427. The van der Waals surface area contributed by atoms with Crippen molar-refractivity contribution in [1.82, 2.24) is 19.9 Å². The van der Waals surface area contributed by atoms with Crippen molar-refractivity contribution >= 4 is 5.91 Å². The Morgan fingerprint density at radius 1 is 1.45 bits per heavy atom. The third-order valence-electron chi connectivity index (χ3n) is 3.90. The van der Waals surface area contributed by atoms with Crippen molar-refractivity contribution in [2.75, 3.05) is 19.7 Å². The average Bonchev–Trinajstić information content (AvgIpc) is 2.96. The van der Waals surface area contributed by atoms with Crippen molar-refractivity contribution in [3.8, 4) is 0 Å². The number of rotatable bonds is 6. The zero-order valence-electron chi connectivity index (χ0n) is 12.2. The normalized spacial score (nSPS) is 16.3. The third kappa shape index (κ3) is 3.79. The second kappa shape index (κ2) is 7.38. The Balaban J connectivity index is 2.00. The first-order valence-corrected chi connectivity index (χ1v) is 7.54. The van der Waals surface area contributed by atoms with Gasteiger partial charge in [-0.1, -0.05) is 19.3 Å². The molecule has 0 aromatic carbocycles. The van der Waals surface area contributed by atoms with Crippen LogP contribution in [-0.4, -0.2) is 50.6 Å². The van der Waals surface area contributed by atoms with E-state index in [4.69, 9.17) is 0 Å². The first kappa shape index (κ1) is 15.0. The molecule has 0 radical (unpaired) electrons. The van der Waals surface area contributed by atoms with E-state index in [1.165, 1.54) is 43.1 Å². The lowest BCUT2D eigenvalue weighted by Gasteiger charge is -2.28. The summed E-state index contributed by atoms with van der Waals surface area (Å²) in [5.74, 6) is 0.435. The molecule has 1 amide bonds. The van der Waals surface area contributed by atoms with Crippen molar-refractivity contribution in [1.29, 1.82) is 0 Å². The number of aromatic nitrogens is 3. The molecular weight excluding hydrogens is 256 g/mol. The fourth-order valence-electron chi connectivity index (χ4n) is 2.79. The minimum absolute atomic E-state index is 0.0135. The summed E-state index contributed by atoms with van der Waals surface area (Å²) in [5, 5.41) is 17.4. The fourth-order valence-corrected chi connectivity index (χ4v) is 2.79. The van der Waals surface area contributed by atoms with Gasteiger partial charge in [0, 0.05) is 13.1 Å². The number of amides is 1. The van der Waals surface area contributed by atoms with E-state index in [0.29, 0.717) is 24.7 Å². The van der Waals surface area contributed by atoms with Crippen molar-refractivity contribution in [3.05, 3.63) is 11.9 Å². The zero-order chi connectivity index (χ0) is 14.4. The summed E-state index contributed by atoms with van der Waals surface area (Å²) in [6.07, 6.45) is 7.66. The number of carbonyl (C=O) groups is 1. The molecule has 1 N–H and O–H groups in total. The minimum Gasteiger partial charge on any atom is -0.395 e. The quantitative estimate of drug-likeness (QED) is 0.853. The predicted molar refractivity (Wildman–Crippen MR) is 75.3 cm³/mol. The molecule has 1 aromatic rings. The van der Waals surface area contributed by atoms with Gasteiger partial charge in [0.15, 0.2) is 5.69 Å². The van der Waals surface area contributed by atoms with Crippen LogP contribution in [0.1, 0.15) is 49.5 Å². The van der Waals surface area contributed by atoms with Crippen LogP contribution in [0.15, 0.2) is 6.20 Å². The lowest BCUT2D eigenvalue weighted by atomic mass is 9.89. The van der Waals surface area contributed by atoms with Gasteiger partial charge < -0.3 is 10.0 Å². The van der Waals surface area contributed by atoms with Gasteiger partial charge in [0.1, 0.15) is 0 Å². The number of aliphatic hydroxyl groups is 1. The largest absolute Gasteiger partial charge is 0.395 e. The maximum Gasteiger partial charge on any atom is 0.276 e. The van der Waals surface area contributed by atoms with Gasteiger partial charge >= 0.3 is 0 Å². The highest BCUT2D eigenvalue weighted by molar-refractivity contribution is 5.91. The smallest absolute Gasteiger partial charge is 0.276 e. The van der Waals surface area contributed by atoms with Gasteiger partial charge in [-0.05, 0) is 25.7 Å². The Morgan fingerprint density at radius 2 is 2.20 bits per heavy atom. The van der Waals surface area contributed by atoms with E-state index in [9.17, 15) is 9.90 Å². The van der Waals surface area contributed by atoms with Gasteiger partial charge in [-0.15, -0.1) is 5.10 Å². The molecule has 1 heterocycles. The van der Waals surface area contributed by atoms with Crippen molar-refractivity contribution in [2.24, 2.45) is 5.92 Å². The Hall–Kier alpha value is -1.43. The van der Waals surface area contributed by atoms with Crippen LogP contribution in [0.3, 0.4) is 0 Å². The van der Waals surface area contributed by atoms with Gasteiger partial charge in [-0.25, -0.2) is 0 Å². The molecule has 1 fully saturated rings. The highest BCUT2D eigenvalue weighted by Gasteiger charge is 2.23. The third-order valence-corrected chi connectivity index (χ3v) is 3.90. The Kier molecular flexibility index (Phi) is 5.52. The van der Waals surface area contributed by atoms with Gasteiger partial charge in [-0.2, -0.15) is 9.90 Å². The molecule has 2 rings (SSSR count). The number of carbonyl (C=O) groups excluding carboxylic acids is 1. The zero-order valence-corrected chi connectivity index (χ0v) is 12.2. The molecule has 0 aliphatic heterocycles. The molecule has 0 atom stereocenters. The summed E-state index contributed by atoms with van der Waals surface area (Å²) in [5.41, 5.74) is 0.371. The minimum atomic E-state index is -0.121. The van der Waals surface area contributed by atoms with Crippen molar-refractivity contribution < 1.29 is 9.90 Å². The van der Waals surface area contributed by atoms with Crippen molar-refractivity contribution in [3.63, 3.8) is 0 Å². The van der Waals surface area contributed by atoms with Crippen LogP contribution >= 0.6 is 0 Å². The van der Waals surface area contributed by atoms with Crippen LogP contribution in [0.25, 0.3) is 0 Å². The van der Waals surface area contributed by atoms with Crippen LogP contribution in [0.2, 0.25) is 0 Å². The Labute approximate surface area is 119 Å². The topological polar surface area (TPSA) is 71.2 Å². The van der Waals surface area contributed by atoms with Crippen LogP contribution in [0, 0.1) is 5.92 Å². The molecule has 0 unspecified atom stereocenters. The van der Waals surface area contributed by atoms with Crippen molar-refractivity contribution in [2.45, 2.75) is 45.6 Å². The maximum absolute atomic E-state index is 12.4. The van der Waals surface area contributed by atoms with E-state index in [2.05, 4.69) is 10.2 Å². The molecule has 20 heavy (non-hydrogen) atoms. The summed E-state index contributed by atoms with van der Waals surface area (Å²) in [6.45, 7) is 3.66. The molecule has 6 nitrogen and oxygen atoms in total. The molecule has 0 spiro atoms.